The van der Waals surface area contributed by atoms with E-state index in [1.54, 1.807) is 48.5 Å². The first-order valence-electron chi connectivity index (χ1n) is 10.1. The maximum atomic E-state index is 13.6. The van der Waals surface area contributed by atoms with Crippen LogP contribution in [0.15, 0.2) is 82.8 Å². The van der Waals surface area contributed by atoms with E-state index in [4.69, 9.17) is 9.97 Å². The standard InChI is InChI=1S/C26H12F2N6/c27-17-9-5-15(6-10-17)21-22(16-7-11-18(28)12-8-16)34-26-24(32-14-30)20-4-2-1-3-19(20)23(31-13-29)25(26)33-21/h1-12H. The Morgan fingerprint density at radius 2 is 0.941 bits per heavy atom. The van der Waals surface area contributed by atoms with Gasteiger partial charge in [0.2, 0.25) is 12.4 Å². The monoisotopic (exact) mass is 446 g/mol. The second-order valence-electron chi connectivity index (χ2n) is 7.30. The van der Waals surface area contributed by atoms with E-state index in [9.17, 15) is 19.3 Å². The van der Waals surface area contributed by atoms with Crippen LogP contribution in [0.4, 0.5) is 8.78 Å². The molecule has 6 nitrogen and oxygen atoms in total. The molecule has 4 aromatic rings. The Morgan fingerprint density at radius 1 is 0.559 bits per heavy atom. The zero-order chi connectivity index (χ0) is 23.7. The maximum absolute atomic E-state index is 13.6. The SMILES string of the molecule is N#CN=C1c2ccccc2C(=NC#N)c2nc(-c3ccc(F)cc3)c(-c3ccc(F)cc3)nc21. The van der Waals surface area contributed by atoms with E-state index in [1.165, 1.54) is 24.3 Å². The molecule has 0 saturated heterocycles. The third-order valence-electron chi connectivity index (χ3n) is 5.34. The molecule has 1 aliphatic carbocycles. The molecule has 0 bridgehead atoms. The Labute approximate surface area is 192 Å². The number of nitriles is 2. The second kappa shape index (κ2) is 8.45. The molecule has 3 aromatic carbocycles. The van der Waals surface area contributed by atoms with Gasteiger partial charge >= 0.3 is 0 Å². The van der Waals surface area contributed by atoms with Crippen molar-refractivity contribution in [3.05, 3.63) is 107 Å². The van der Waals surface area contributed by atoms with Gasteiger partial charge in [-0.05, 0) is 48.5 Å². The molecule has 0 saturated carbocycles. The van der Waals surface area contributed by atoms with Gasteiger partial charge in [-0.1, -0.05) is 24.3 Å². The van der Waals surface area contributed by atoms with Crippen LogP contribution in [0.1, 0.15) is 22.5 Å². The van der Waals surface area contributed by atoms with E-state index < -0.39 is 11.6 Å². The summed E-state index contributed by atoms with van der Waals surface area (Å²) in [6.45, 7) is 0. The van der Waals surface area contributed by atoms with Crippen molar-refractivity contribution in [3.8, 4) is 34.9 Å². The molecule has 1 aliphatic rings. The number of halogens is 2. The van der Waals surface area contributed by atoms with Crippen molar-refractivity contribution >= 4 is 11.4 Å². The van der Waals surface area contributed by atoms with Crippen molar-refractivity contribution in [2.75, 3.05) is 0 Å². The first-order valence-corrected chi connectivity index (χ1v) is 10.1. The summed E-state index contributed by atoms with van der Waals surface area (Å²) in [7, 11) is 0. The number of fused-ring (bicyclic) bond motifs is 2. The first kappa shape index (κ1) is 20.8. The molecule has 34 heavy (non-hydrogen) atoms. The predicted octanol–water partition coefficient (Wildman–Crippen LogP) is 5.04. The molecule has 0 N–H and O–H groups in total. The molecule has 0 unspecified atom stereocenters. The van der Waals surface area contributed by atoms with Crippen LogP contribution in [0.5, 0.6) is 0 Å². The zero-order valence-corrected chi connectivity index (χ0v) is 17.4. The molecular formula is C26H12F2N6. The number of benzene rings is 3. The van der Waals surface area contributed by atoms with Crippen LogP contribution >= 0.6 is 0 Å². The molecule has 0 radical (unpaired) electrons. The van der Waals surface area contributed by atoms with Crippen molar-refractivity contribution in [1.29, 1.82) is 10.5 Å². The lowest BCUT2D eigenvalue weighted by molar-refractivity contribution is 0.627. The number of hydrogen-bond donors (Lipinski definition) is 0. The van der Waals surface area contributed by atoms with Crippen LogP contribution in [-0.2, 0) is 0 Å². The summed E-state index contributed by atoms with van der Waals surface area (Å²) in [5.41, 5.74) is 4.14. The number of aromatic nitrogens is 2. The Bertz CT molecular complexity index is 1450. The van der Waals surface area contributed by atoms with Gasteiger partial charge < -0.3 is 0 Å². The highest BCUT2D eigenvalue weighted by atomic mass is 19.1. The lowest BCUT2D eigenvalue weighted by Crippen LogP contribution is -2.26. The van der Waals surface area contributed by atoms with Gasteiger partial charge in [-0.15, -0.1) is 0 Å². The molecule has 1 aromatic heterocycles. The van der Waals surface area contributed by atoms with Crippen LogP contribution in [0.3, 0.4) is 0 Å². The third-order valence-corrected chi connectivity index (χ3v) is 5.34. The fraction of sp³-hybridized carbons (Fsp3) is 0. The molecule has 8 heteroatoms. The highest BCUT2D eigenvalue weighted by molar-refractivity contribution is 6.30. The molecule has 1 heterocycles. The van der Waals surface area contributed by atoms with Gasteiger partial charge in [0, 0.05) is 22.3 Å². The highest BCUT2D eigenvalue weighted by Gasteiger charge is 2.31. The zero-order valence-electron chi connectivity index (χ0n) is 17.4. The second-order valence-corrected chi connectivity index (χ2v) is 7.30. The summed E-state index contributed by atoms with van der Waals surface area (Å²) in [5.74, 6) is -0.829. The normalized spacial score (nSPS) is 14.2. The number of rotatable bonds is 2. The van der Waals surface area contributed by atoms with Gasteiger partial charge in [0.1, 0.15) is 34.4 Å². The van der Waals surface area contributed by atoms with E-state index in [2.05, 4.69) is 9.98 Å². The van der Waals surface area contributed by atoms with Crippen molar-refractivity contribution in [2.24, 2.45) is 9.98 Å². The minimum Gasteiger partial charge on any atom is -0.241 e. The molecule has 0 fully saturated rings. The quantitative estimate of drug-likeness (QED) is 0.355. The number of aliphatic imine (C=N–C) groups is 2. The fourth-order valence-corrected chi connectivity index (χ4v) is 3.86. The van der Waals surface area contributed by atoms with E-state index in [-0.39, 0.29) is 22.8 Å². The van der Waals surface area contributed by atoms with Gasteiger partial charge in [0.05, 0.1) is 11.4 Å². The van der Waals surface area contributed by atoms with E-state index in [1.807, 2.05) is 12.4 Å². The average Bonchev–Trinajstić information content (AvgIpc) is 2.86. The molecule has 0 amide bonds. The Balaban J connectivity index is 1.88. The number of hydrogen-bond acceptors (Lipinski definition) is 6. The lowest BCUT2D eigenvalue weighted by Gasteiger charge is -2.22. The molecule has 0 spiro atoms. The smallest absolute Gasteiger partial charge is 0.206 e. The van der Waals surface area contributed by atoms with E-state index in [0.29, 0.717) is 33.6 Å². The summed E-state index contributed by atoms with van der Waals surface area (Å²) in [6, 6.07) is 18.5. The van der Waals surface area contributed by atoms with Gasteiger partial charge in [-0.3, -0.25) is 0 Å². The van der Waals surface area contributed by atoms with Crippen LogP contribution in [0.2, 0.25) is 0 Å². The van der Waals surface area contributed by atoms with Crippen LogP contribution in [0, 0.1) is 34.5 Å². The van der Waals surface area contributed by atoms with Crippen molar-refractivity contribution < 1.29 is 8.78 Å². The summed E-state index contributed by atoms with van der Waals surface area (Å²) < 4.78 is 27.3. The van der Waals surface area contributed by atoms with E-state index >= 15 is 0 Å². The molecule has 0 atom stereocenters. The summed E-state index contributed by atoms with van der Waals surface area (Å²) in [6.07, 6.45) is 3.62. The summed E-state index contributed by atoms with van der Waals surface area (Å²) in [5, 5.41) is 18.7. The third kappa shape index (κ3) is 3.50. The molecule has 5 rings (SSSR count). The Kier molecular flexibility index (Phi) is 5.17. The maximum Gasteiger partial charge on any atom is 0.206 e. The molecule has 160 valence electrons. The van der Waals surface area contributed by atoms with Crippen molar-refractivity contribution in [2.45, 2.75) is 0 Å². The first-order chi connectivity index (χ1) is 16.6. The highest BCUT2D eigenvalue weighted by Crippen LogP contribution is 2.34. The summed E-state index contributed by atoms with van der Waals surface area (Å²) in [4.78, 5) is 17.6. The minimum atomic E-state index is -0.415. The lowest BCUT2D eigenvalue weighted by atomic mass is 9.87. The largest absolute Gasteiger partial charge is 0.241 e. The van der Waals surface area contributed by atoms with Gasteiger partial charge in [-0.25, -0.2) is 18.7 Å². The van der Waals surface area contributed by atoms with Gasteiger partial charge in [0.25, 0.3) is 0 Å². The average molecular weight is 446 g/mol. The fourth-order valence-electron chi connectivity index (χ4n) is 3.86. The van der Waals surface area contributed by atoms with Crippen molar-refractivity contribution in [3.63, 3.8) is 0 Å². The molecule has 0 aliphatic heterocycles. The Morgan fingerprint density at radius 3 is 1.29 bits per heavy atom. The molecular weight excluding hydrogens is 434 g/mol. The van der Waals surface area contributed by atoms with Crippen LogP contribution in [-0.4, -0.2) is 21.4 Å². The predicted molar refractivity (Wildman–Crippen MR) is 122 cm³/mol. The van der Waals surface area contributed by atoms with Gasteiger partial charge in [0.15, 0.2) is 0 Å². The topological polar surface area (TPSA) is 98.1 Å². The Hall–Kier alpha value is -5.08. The van der Waals surface area contributed by atoms with Crippen LogP contribution in [0.25, 0.3) is 22.5 Å². The van der Waals surface area contributed by atoms with Gasteiger partial charge in [-0.2, -0.15) is 20.5 Å². The summed E-state index contributed by atoms with van der Waals surface area (Å²) >= 11 is 0. The van der Waals surface area contributed by atoms with E-state index in [0.717, 1.165) is 0 Å². The number of nitrogens with zero attached hydrogens (tertiary/aromatic N) is 6. The van der Waals surface area contributed by atoms with Crippen molar-refractivity contribution in [1.82, 2.24) is 9.97 Å². The minimum absolute atomic E-state index is 0.263. The van der Waals surface area contributed by atoms with Crippen LogP contribution < -0.4 is 0 Å².